The van der Waals surface area contributed by atoms with Gasteiger partial charge in [-0.15, -0.1) is 11.3 Å². The number of fused-ring (bicyclic) bond motifs is 3. The maximum atomic E-state index is 14.1. The summed E-state index contributed by atoms with van der Waals surface area (Å²) in [5.41, 5.74) is 3.67. The Kier molecular flexibility index (Phi) is 4.17. The van der Waals surface area contributed by atoms with Crippen LogP contribution in [0, 0.1) is 5.82 Å². The van der Waals surface area contributed by atoms with E-state index in [1.807, 2.05) is 29.8 Å². The van der Waals surface area contributed by atoms with Crippen LogP contribution in [0.15, 0.2) is 29.3 Å². The quantitative estimate of drug-likeness (QED) is 0.866. The van der Waals surface area contributed by atoms with E-state index in [0.29, 0.717) is 0 Å². The number of para-hydroxylation sites is 1. The van der Waals surface area contributed by atoms with E-state index in [4.69, 9.17) is 4.99 Å². The molecule has 136 valence electrons. The molecule has 1 aromatic carbocycles. The number of rotatable bonds is 2. The summed E-state index contributed by atoms with van der Waals surface area (Å²) in [7, 11) is 0. The SMILES string of the molecule is Fc1ccccc1N1CCN([C@H]2N=CNc3sc4c(c32)CCCC4)CC1. The lowest BCUT2D eigenvalue weighted by molar-refractivity contribution is 0.190. The van der Waals surface area contributed by atoms with E-state index in [0.717, 1.165) is 31.9 Å². The van der Waals surface area contributed by atoms with Crippen molar-refractivity contribution in [1.29, 1.82) is 0 Å². The molecule has 1 aromatic heterocycles. The van der Waals surface area contributed by atoms with Gasteiger partial charge < -0.3 is 10.2 Å². The summed E-state index contributed by atoms with van der Waals surface area (Å²) in [5, 5.41) is 4.66. The molecule has 0 saturated carbocycles. The molecule has 0 unspecified atom stereocenters. The van der Waals surface area contributed by atoms with E-state index < -0.39 is 0 Å². The largest absolute Gasteiger partial charge is 0.367 e. The van der Waals surface area contributed by atoms with Gasteiger partial charge in [0.15, 0.2) is 0 Å². The standard InChI is InChI=1S/C20H23FN4S/c21-15-6-2-3-7-16(15)24-9-11-25(12-10-24)19-18-14-5-1-4-8-17(14)26-20(18)23-13-22-19/h2-3,6-7,13,19H,1,4-5,8-12H2,(H,22,23)/t19-/m1/s1. The molecule has 5 rings (SSSR count). The minimum absolute atomic E-state index is 0.118. The van der Waals surface area contributed by atoms with Crippen molar-refractivity contribution in [2.45, 2.75) is 31.8 Å². The number of halogens is 1. The molecule has 0 spiro atoms. The monoisotopic (exact) mass is 370 g/mol. The Morgan fingerprint density at radius 3 is 2.73 bits per heavy atom. The van der Waals surface area contributed by atoms with Gasteiger partial charge >= 0.3 is 0 Å². The lowest BCUT2D eigenvalue weighted by Gasteiger charge is -2.40. The molecule has 3 heterocycles. The number of aryl methyl sites for hydroxylation is 1. The maximum absolute atomic E-state index is 14.1. The van der Waals surface area contributed by atoms with Crippen LogP contribution in [0.2, 0.25) is 0 Å². The van der Waals surface area contributed by atoms with Crippen LogP contribution in [0.25, 0.3) is 0 Å². The minimum atomic E-state index is -0.130. The third-order valence-electron chi connectivity index (χ3n) is 5.74. The molecule has 0 bridgehead atoms. The zero-order chi connectivity index (χ0) is 17.5. The second-order valence-electron chi connectivity index (χ2n) is 7.22. The van der Waals surface area contributed by atoms with Crippen LogP contribution in [-0.4, -0.2) is 37.4 Å². The van der Waals surface area contributed by atoms with Gasteiger partial charge in [-0.05, 0) is 43.4 Å². The van der Waals surface area contributed by atoms with Crippen molar-refractivity contribution in [3.05, 3.63) is 46.1 Å². The van der Waals surface area contributed by atoms with Crippen LogP contribution in [0.1, 0.15) is 35.0 Å². The second kappa shape index (κ2) is 6.67. The zero-order valence-corrected chi connectivity index (χ0v) is 15.6. The molecule has 3 aliphatic rings. The first-order chi connectivity index (χ1) is 12.8. The lowest BCUT2D eigenvalue weighted by Crippen LogP contribution is -2.48. The number of piperazine rings is 1. The number of benzene rings is 1. The summed E-state index contributed by atoms with van der Waals surface area (Å²) in [6, 6.07) is 7.08. The fourth-order valence-corrected chi connectivity index (χ4v) is 5.68. The minimum Gasteiger partial charge on any atom is -0.367 e. The number of nitrogens with one attached hydrogen (secondary N) is 1. The Hall–Kier alpha value is -1.92. The van der Waals surface area contributed by atoms with E-state index >= 15 is 0 Å². The number of hydrogen-bond donors (Lipinski definition) is 1. The molecule has 0 radical (unpaired) electrons. The first-order valence-electron chi connectivity index (χ1n) is 9.47. The van der Waals surface area contributed by atoms with E-state index in [-0.39, 0.29) is 12.0 Å². The molecule has 1 saturated heterocycles. The van der Waals surface area contributed by atoms with Gasteiger partial charge in [-0.2, -0.15) is 0 Å². The van der Waals surface area contributed by atoms with Crippen LogP contribution >= 0.6 is 11.3 Å². The van der Waals surface area contributed by atoms with Gasteiger partial charge in [-0.25, -0.2) is 4.39 Å². The second-order valence-corrected chi connectivity index (χ2v) is 8.33. The third kappa shape index (κ3) is 2.72. The number of thiophene rings is 1. The molecule has 26 heavy (non-hydrogen) atoms. The van der Waals surface area contributed by atoms with E-state index in [9.17, 15) is 4.39 Å². The van der Waals surface area contributed by atoms with Crippen LogP contribution in [0.3, 0.4) is 0 Å². The first kappa shape index (κ1) is 16.3. The Morgan fingerprint density at radius 2 is 1.88 bits per heavy atom. The van der Waals surface area contributed by atoms with E-state index in [1.54, 1.807) is 22.6 Å². The molecule has 1 N–H and O–H groups in total. The molecule has 6 heteroatoms. The van der Waals surface area contributed by atoms with Gasteiger partial charge in [0.2, 0.25) is 0 Å². The predicted molar refractivity (Wildman–Crippen MR) is 106 cm³/mol. The molecule has 4 nitrogen and oxygen atoms in total. The summed E-state index contributed by atoms with van der Waals surface area (Å²) in [4.78, 5) is 11.0. The highest BCUT2D eigenvalue weighted by Crippen LogP contribution is 2.44. The molecule has 0 amide bonds. The summed E-state index contributed by atoms with van der Waals surface area (Å²) in [5.74, 6) is -0.130. The van der Waals surface area contributed by atoms with Crippen molar-refractivity contribution in [3.63, 3.8) is 0 Å². The number of aliphatic imine (C=N–C) groups is 1. The van der Waals surface area contributed by atoms with Crippen LogP contribution < -0.4 is 10.2 Å². The van der Waals surface area contributed by atoms with Crippen LogP contribution in [0.5, 0.6) is 0 Å². The highest BCUT2D eigenvalue weighted by molar-refractivity contribution is 7.16. The number of hydrogen-bond acceptors (Lipinski definition) is 5. The summed E-state index contributed by atoms with van der Waals surface area (Å²) in [6.07, 6.45) is 6.96. The van der Waals surface area contributed by atoms with Crippen molar-refractivity contribution >= 4 is 28.4 Å². The Labute approximate surface area is 157 Å². The smallest absolute Gasteiger partial charge is 0.146 e. The van der Waals surface area contributed by atoms with Crippen LogP contribution in [0.4, 0.5) is 15.1 Å². The van der Waals surface area contributed by atoms with Crippen molar-refractivity contribution < 1.29 is 4.39 Å². The number of nitrogens with zero attached hydrogens (tertiary/aromatic N) is 3. The Balaban J connectivity index is 1.36. The fourth-order valence-electron chi connectivity index (χ4n) is 4.40. The molecular formula is C20H23FN4S. The molecule has 2 aromatic rings. The van der Waals surface area contributed by atoms with Gasteiger partial charge in [-0.3, -0.25) is 9.89 Å². The average molecular weight is 370 g/mol. The summed E-state index contributed by atoms with van der Waals surface area (Å²) in [6.45, 7) is 3.48. The van der Waals surface area contributed by atoms with Gasteiger partial charge in [-0.1, -0.05) is 12.1 Å². The average Bonchev–Trinajstić information content (AvgIpc) is 3.07. The molecule has 2 aliphatic heterocycles. The predicted octanol–water partition coefficient (Wildman–Crippen LogP) is 4.04. The highest BCUT2D eigenvalue weighted by atomic mass is 32.1. The van der Waals surface area contributed by atoms with Gasteiger partial charge in [0, 0.05) is 36.6 Å². The Morgan fingerprint density at radius 1 is 1.08 bits per heavy atom. The van der Waals surface area contributed by atoms with Crippen LogP contribution in [-0.2, 0) is 12.8 Å². The van der Waals surface area contributed by atoms with Gasteiger partial charge in [0.25, 0.3) is 0 Å². The topological polar surface area (TPSA) is 30.9 Å². The molecule has 1 atom stereocenters. The van der Waals surface area contributed by atoms with Crippen molar-refractivity contribution in [2.24, 2.45) is 4.99 Å². The van der Waals surface area contributed by atoms with Crippen molar-refractivity contribution in [3.8, 4) is 0 Å². The van der Waals surface area contributed by atoms with Crippen molar-refractivity contribution in [1.82, 2.24) is 4.90 Å². The number of anilines is 2. The fraction of sp³-hybridized carbons (Fsp3) is 0.450. The normalized spacial score (nSPS) is 22.7. The lowest BCUT2D eigenvalue weighted by atomic mass is 9.93. The van der Waals surface area contributed by atoms with Crippen molar-refractivity contribution in [2.75, 3.05) is 36.4 Å². The third-order valence-corrected chi connectivity index (χ3v) is 6.97. The Bertz CT molecular complexity index is 838. The van der Waals surface area contributed by atoms with Gasteiger partial charge in [0.1, 0.15) is 17.0 Å². The molecule has 1 aliphatic carbocycles. The summed E-state index contributed by atoms with van der Waals surface area (Å²) < 4.78 is 14.1. The first-order valence-corrected chi connectivity index (χ1v) is 10.3. The highest BCUT2D eigenvalue weighted by Gasteiger charge is 2.33. The van der Waals surface area contributed by atoms with E-state index in [1.165, 1.54) is 36.2 Å². The molecule has 1 fully saturated rings. The summed E-state index contributed by atoms with van der Waals surface area (Å²) >= 11 is 1.92. The zero-order valence-electron chi connectivity index (χ0n) is 14.7. The van der Waals surface area contributed by atoms with Gasteiger partial charge in [0.05, 0.1) is 12.0 Å². The van der Waals surface area contributed by atoms with E-state index in [2.05, 4.69) is 15.1 Å². The molecular weight excluding hydrogens is 347 g/mol. The maximum Gasteiger partial charge on any atom is 0.146 e.